The van der Waals surface area contributed by atoms with Crippen molar-refractivity contribution in [3.05, 3.63) is 16.2 Å². The van der Waals surface area contributed by atoms with Crippen LogP contribution in [0.3, 0.4) is 0 Å². The summed E-state index contributed by atoms with van der Waals surface area (Å²) in [7, 11) is -4.00. The fourth-order valence-corrected chi connectivity index (χ4v) is 4.24. The molecule has 0 spiro atoms. The zero-order valence-electron chi connectivity index (χ0n) is 10.2. The Hall–Kier alpha value is -1.72. The number of anilines is 1. The maximum absolute atomic E-state index is 12.1. The van der Waals surface area contributed by atoms with Crippen molar-refractivity contribution in [2.75, 3.05) is 12.3 Å². The van der Waals surface area contributed by atoms with Crippen LogP contribution in [0, 0.1) is 10.1 Å². The van der Waals surface area contributed by atoms with Crippen LogP contribution in [-0.2, 0) is 14.8 Å². The number of nitrogens with one attached hydrogen (secondary N) is 2. The normalized spacial score (nSPS) is 19.6. The maximum atomic E-state index is 12.1. The number of nitrogens with zero attached hydrogens (tertiary/aromatic N) is 1. The molecule has 4 N–H and O–H groups in total. The van der Waals surface area contributed by atoms with Crippen molar-refractivity contribution in [3.63, 3.8) is 0 Å². The van der Waals surface area contributed by atoms with E-state index in [-0.39, 0.29) is 9.21 Å². The van der Waals surface area contributed by atoms with Crippen molar-refractivity contribution >= 4 is 38.0 Å². The van der Waals surface area contributed by atoms with Gasteiger partial charge in [0.05, 0.1) is 4.92 Å². The minimum absolute atomic E-state index is 0.191. The van der Waals surface area contributed by atoms with Gasteiger partial charge in [0.1, 0.15) is 10.3 Å². The van der Waals surface area contributed by atoms with E-state index >= 15 is 0 Å². The van der Waals surface area contributed by atoms with Gasteiger partial charge in [-0.3, -0.25) is 14.9 Å². The van der Waals surface area contributed by atoms with Gasteiger partial charge in [-0.2, -0.15) is 4.72 Å². The third kappa shape index (κ3) is 2.89. The topological polar surface area (TPSA) is 144 Å². The van der Waals surface area contributed by atoms with Crippen molar-refractivity contribution in [2.24, 2.45) is 0 Å². The summed E-state index contributed by atoms with van der Waals surface area (Å²) in [6.07, 6.45) is 1.04. The summed E-state index contributed by atoms with van der Waals surface area (Å²) < 4.78 is 26.1. The lowest BCUT2D eigenvalue weighted by Crippen LogP contribution is -2.49. The summed E-state index contributed by atoms with van der Waals surface area (Å²) in [6.45, 7) is 0.508. The van der Waals surface area contributed by atoms with Gasteiger partial charge in [0.25, 0.3) is 10.0 Å². The van der Waals surface area contributed by atoms with Crippen LogP contribution in [0.4, 0.5) is 10.7 Å². The van der Waals surface area contributed by atoms with E-state index in [1.807, 2.05) is 0 Å². The second kappa shape index (κ2) is 5.34. The van der Waals surface area contributed by atoms with Crippen LogP contribution in [-0.4, -0.2) is 31.8 Å². The molecule has 1 aromatic rings. The molecule has 0 radical (unpaired) electrons. The lowest BCUT2D eigenvalue weighted by atomic mass is 10.1. The first kappa shape index (κ1) is 14.7. The molecule has 11 heteroatoms. The predicted molar refractivity (Wildman–Crippen MR) is 71.7 cm³/mol. The van der Waals surface area contributed by atoms with E-state index in [0.717, 1.165) is 6.07 Å². The van der Waals surface area contributed by atoms with Crippen LogP contribution in [0.25, 0.3) is 0 Å². The highest BCUT2D eigenvalue weighted by atomic mass is 32.2. The summed E-state index contributed by atoms with van der Waals surface area (Å²) in [5.41, 5.74) is 4.95. The van der Waals surface area contributed by atoms with Crippen LogP contribution >= 0.6 is 11.3 Å². The van der Waals surface area contributed by atoms with Gasteiger partial charge in [-0.15, -0.1) is 0 Å². The van der Waals surface area contributed by atoms with Crippen molar-refractivity contribution in [1.82, 2.24) is 10.0 Å². The first-order chi connectivity index (χ1) is 9.31. The second-order valence-corrected chi connectivity index (χ2v) is 7.20. The third-order valence-corrected chi connectivity index (χ3v) is 5.66. The van der Waals surface area contributed by atoms with Gasteiger partial charge in [0, 0.05) is 12.6 Å². The molecule has 1 aromatic heterocycles. The van der Waals surface area contributed by atoms with E-state index in [1.165, 1.54) is 0 Å². The number of nitro groups is 1. The van der Waals surface area contributed by atoms with E-state index in [1.54, 1.807) is 0 Å². The number of piperidine rings is 1. The Morgan fingerprint density at radius 3 is 2.80 bits per heavy atom. The summed E-state index contributed by atoms with van der Waals surface area (Å²) in [4.78, 5) is 21.4. The molecular formula is C9H12N4O5S2. The van der Waals surface area contributed by atoms with E-state index in [9.17, 15) is 23.3 Å². The molecule has 1 aliphatic rings. The van der Waals surface area contributed by atoms with Gasteiger partial charge < -0.3 is 11.1 Å². The van der Waals surface area contributed by atoms with Crippen molar-refractivity contribution in [2.45, 2.75) is 23.1 Å². The van der Waals surface area contributed by atoms with Crippen LogP contribution in [0.1, 0.15) is 12.8 Å². The zero-order valence-corrected chi connectivity index (χ0v) is 11.8. The Morgan fingerprint density at radius 2 is 2.25 bits per heavy atom. The summed E-state index contributed by atoms with van der Waals surface area (Å²) in [5, 5.41) is 13.0. The molecule has 110 valence electrons. The van der Waals surface area contributed by atoms with Gasteiger partial charge in [-0.25, -0.2) is 8.42 Å². The van der Waals surface area contributed by atoms with Crippen LogP contribution in [0.15, 0.2) is 10.3 Å². The molecule has 1 aliphatic heterocycles. The van der Waals surface area contributed by atoms with Crippen molar-refractivity contribution < 1.29 is 18.1 Å². The largest absolute Gasteiger partial charge is 0.385 e. The van der Waals surface area contributed by atoms with E-state index in [4.69, 9.17) is 5.73 Å². The average Bonchev–Trinajstić information content (AvgIpc) is 2.75. The number of nitrogens with two attached hydrogens (primary N) is 1. The molecule has 9 nitrogen and oxygen atoms in total. The van der Waals surface area contributed by atoms with Gasteiger partial charge in [0.2, 0.25) is 5.91 Å². The van der Waals surface area contributed by atoms with Crippen LogP contribution in [0.2, 0.25) is 0 Å². The van der Waals surface area contributed by atoms with E-state index in [0.29, 0.717) is 30.7 Å². The fraction of sp³-hybridized carbons (Fsp3) is 0.444. The number of amides is 1. The van der Waals surface area contributed by atoms with Crippen LogP contribution in [0.5, 0.6) is 0 Å². The summed E-state index contributed by atoms with van der Waals surface area (Å²) in [5.74, 6) is -0.404. The SMILES string of the molecule is Nc1sc(S(=O)(=O)NC2CCCNC2=O)cc1[N+](=O)[O-]. The zero-order chi connectivity index (χ0) is 14.9. The summed E-state index contributed by atoms with van der Waals surface area (Å²) in [6, 6.07) is 0.0272. The van der Waals surface area contributed by atoms with E-state index in [2.05, 4.69) is 10.0 Å². The van der Waals surface area contributed by atoms with Gasteiger partial charge in [-0.05, 0) is 12.8 Å². The third-order valence-electron chi connectivity index (χ3n) is 2.76. The van der Waals surface area contributed by atoms with Gasteiger partial charge in [0.15, 0.2) is 5.00 Å². The number of sulfonamides is 1. The molecule has 2 heterocycles. The summed E-state index contributed by atoms with van der Waals surface area (Å²) >= 11 is 0.593. The van der Waals surface area contributed by atoms with Crippen LogP contribution < -0.4 is 15.8 Å². The quantitative estimate of drug-likeness (QED) is 0.517. The van der Waals surface area contributed by atoms with Crippen molar-refractivity contribution in [3.8, 4) is 0 Å². The Kier molecular flexibility index (Phi) is 3.92. The molecule has 0 bridgehead atoms. The lowest BCUT2D eigenvalue weighted by Gasteiger charge is -2.22. The highest BCUT2D eigenvalue weighted by Crippen LogP contribution is 2.34. The second-order valence-electron chi connectivity index (χ2n) is 4.18. The molecule has 0 aliphatic carbocycles. The molecule has 0 aromatic carbocycles. The smallest absolute Gasteiger partial charge is 0.304 e. The lowest BCUT2D eigenvalue weighted by molar-refractivity contribution is -0.383. The molecule has 1 atom stereocenters. The molecule has 1 unspecified atom stereocenters. The Morgan fingerprint density at radius 1 is 1.55 bits per heavy atom. The molecule has 0 saturated carbocycles. The number of hydrogen-bond acceptors (Lipinski definition) is 7. The van der Waals surface area contributed by atoms with E-state index < -0.39 is 32.6 Å². The van der Waals surface area contributed by atoms with Crippen molar-refractivity contribution in [1.29, 1.82) is 0 Å². The predicted octanol–water partition coefficient (Wildman–Crippen LogP) is -0.205. The number of carbonyl (C=O) groups is 1. The highest BCUT2D eigenvalue weighted by Gasteiger charge is 2.30. The minimum Gasteiger partial charge on any atom is -0.385 e. The average molecular weight is 320 g/mol. The molecule has 1 fully saturated rings. The number of nitrogen functional groups attached to an aromatic ring is 1. The monoisotopic (exact) mass is 320 g/mol. The molecule has 20 heavy (non-hydrogen) atoms. The Bertz CT molecular complexity index is 653. The number of thiophene rings is 1. The number of carbonyl (C=O) groups excluding carboxylic acids is 1. The Balaban J connectivity index is 2.24. The molecule has 1 amide bonds. The van der Waals surface area contributed by atoms with Gasteiger partial charge in [-0.1, -0.05) is 11.3 Å². The fourth-order valence-electron chi connectivity index (χ4n) is 1.78. The minimum atomic E-state index is -4.00. The first-order valence-electron chi connectivity index (χ1n) is 5.65. The molecule has 1 saturated heterocycles. The van der Waals surface area contributed by atoms with Gasteiger partial charge >= 0.3 is 5.69 Å². The Labute approximate surface area is 118 Å². The molecular weight excluding hydrogens is 308 g/mol. The first-order valence-corrected chi connectivity index (χ1v) is 7.95. The molecule has 2 rings (SSSR count). The maximum Gasteiger partial charge on any atom is 0.304 e. The number of rotatable bonds is 4. The number of hydrogen-bond donors (Lipinski definition) is 3. The standard InChI is InChI=1S/C9H12N4O5S2/c10-8-6(13(15)16)4-7(19-8)20(17,18)12-5-2-1-3-11-9(5)14/h4-5,12H,1-3,10H2,(H,11,14). The highest BCUT2D eigenvalue weighted by molar-refractivity contribution is 7.91.